The highest BCUT2D eigenvalue weighted by atomic mass is 19.1. The van der Waals surface area contributed by atoms with Crippen LogP contribution in [-0.2, 0) is 0 Å². The molecule has 0 bridgehead atoms. The summed E-state index contributed by atoms with van der Waals surface area (Å²) >= 11 is 0. The van der Waals surface area contributed by atoms with E-state index in [2.05, 4.69) is 36.5 Å². The molecule has 0 radical (unpaired) electrons. The Labute approximate surface area is 158 Å². The van der Waals surface area contributed by atoms with Crippen molar-refractivity contribution in [3.05, 3.63) is 101 Å². The molecule has 136 valence electrons. The molecule has 0 aliphatic carbocycles. The Morgan fingerprint density at radius 3 is 2.37 bits per heavy atom. The second kappa shape index (κ2) is 7.33. The van der Waals surface area contributed by atoms with Crippen molar-refractivity contribution in [1.29, 1.82) is 0 Å². The summed E-state index contributed by atoms with van der Waals surface area (Å²) in [6, 6.07) is 21.9. The molecular weight excluding hydrogens is 339 g/mol. The number of aryl methyl sites for hydroxylation is 1. The van der Waals surface area contributed by atoms with E-state index >= 15 is 0 Å². The second-order valence-corrected chi connectivity index (χ2v) is 6.88. The van der Waals surface area contributed by atoms with Crippen LogP contribution in [0.25, 0.3) is 0 Å². The van der Waals surface area contributed by atoms with Gasteiger partial charge in [-0.15, -0.1) is 0 Å². The van der Waals surface area contributed by atoms with E-state index in [-0.39, 0.29) is 23.8 Å². The maximum atomic E-state index is 13.3. The van der Waals surface area contributed by atoms with E-state index in [4.69, 9.17) is 4.99 Å². The van der Waals surface area contributed by atoms with Gasteiger partial charge in [-0.1, -0.05) is 60.2 Å². The van der Waals surface area contributed by atoms with Crippen LogP contribution in [0.2, 0.25) is 0 Å². The van der Waals surface area contributed by atoms with Crippen molar-refractivity contribution in [1.82, 2.24) is 5.32 Å². The van der Waals surface area contributed by atoms with E-state index in [9.17, 15) is 9.50 Å². The van der Waals surface area contributed by atoms with E-state index in [1.54, 1.807) is 18.2 Å². The van der Waals surface area contributed by atoms with Gasteiger partial charge < -0.3 is 5.11 Å². The zero-order chi connectivity index (χ0) is 18.8. The Bertz CT molecular complexity index is 964. The molecule has 27 heavy (non-hydrogen) atoms. The van der Waals surface area contributed by atoms with E-state index in [1.165, 1.54) is 17.7 Å². The third-order valence-electron chi connectivity index (χ3n) is 4.92. The summed E-state index contributed by atoms with van der Waals surface area (Å²) in [6.07, 6.45) is 0.360. The minimum atomic E-state index is -0.305. The maximum absolute atomic E-state index is 13.3. The molecule has 4 heteroatoms. The average molecular weight is 360 g/mol. The summed E-state index contributed by atoms with van der Waals surface area (Å²) in [7, 11) is 0. The minimum absolute atomic E-state index is 0.0879. The molecule has 3 aromatic carbocycles. The fourth-order valence-corrected chi connectivity index (χ4v) is 3.42. The number of hydrogen-bond acceptors (Lipinski definition) is 3. The zero-order valence-corrected chi connectivity index (χ0v) is 15.1. The standard InChI is InChI=1S/C23H21FN2O/c1-15-6-8-16(9-7-15)20-14-21(19-4-2-3-5-22(19)27)26-23(25-20)17-10-12-18(24)13-11-17/h2-13,21,23,26-27H,14H2,1H3/t21-,23+/m1/s1. The molecule has 1 aliphatic heterocycles. The molecule has 0 unspecified atom stereocenters. The van der Waals surface area contributed by atoms with Crippen LogP contribution >= 0.6 is 0 Å². The van der Waals surface area contributed by atoms with Crippen LogP contribution in [0.1, 0.15) is 40.9 Å². The number of nitrogens with zero attached hydrogens (tertiary/aromatic N) is 1. The van der Waals surface area contributed by atoms with E-state index < -0.39 is 0 Å². The average Bonchev–Trinajstić information content (AvgIpc) is 2.69. The van der Waals surface area contributed by atoms with Crippen molar-refractivity contribution in [3.8, 4) is 5.75 Å². The third-order valence-corrected chi connectivity index (χ3v) is 4.92. The lowest BCUT2D eigenvalue weighted by molar-refractivity contribution is 0.412. The number of nitrogens with one attached hydrogen (secondary N) is 1. The summed E-state index contributed by atoms with van der Waals surface area (Å²) in [5, 5.41) is 13.8. The van der Waals surface area contributed by atoms with Gasteiger partial charge in [0.1, 0.15) is 17.7 Å². The summed E-state index contributed by atoms with van der Waals surface area (Å²) < 4.78 is 13.3. The lowest BCUT2D eigenvalue weighted by Gasteiger charge is -2.31. The minimum Gasteiger partial charge on any atom is -0.508 e. The summed E-state index contributed by atoms with van der Waals surface area (Å²) in [6.45, 7) is 2.06. The number of hydrogen-bond donors (Lipinski definition) is 2. The lowest BCUT2D eigenvalue weighted by atomic mass is 9.93. The number of aliphatic imine (C=N–C) groups is 1. The Balaban J connectivity index is 1.75. The second-order valence-electron chi connectivity index (χ2n) is 6.88. The molecule has 2 N–H and O–H groups in total. The van der Waals surface area contributed by atoms with Gasteiger partial charge in [0.05, 0.1) is 0 Å². The first-order valence-corrected chi connectivity index (χ1v) is 9.03. The largest absolute Gasteiger partial charge is 0.508 e. The van der Waals surface area contributed by atoms with Gasteiger partial charge in [-0.2, -0.15) is 0 Å². The van der Waals surface area contributed by atoms with Crippen LogP contribution in [0.5, 0.6) is 5.75 Å². The van der Waals surface area contributed by atoms with Gasteiger partial charge in [0.25, 0.3) is 0 Å². The maximum Gasteiger partial charge on any atom is 0.126 e. The first-order valence-electron chi connectivity index (χ1n) is 9.03. The Morgan fingerprint density at radius 1 is 0.963 bits per heavy atom. The topological polar surface area (TPSA) is 44.6 Å². The SMILES string of the molecule is Cc1ccc(C2=N[C@H](c3ccc(F)cc3)N[C@@H](c3ccccc3O)C2)cc1. The molecule has 0 saturated heterocycles. The number of phenolic OH excluding ortho intramolecular Hbond substituents is 1. The van der Waals surface area contributed by atoms with Crippen molar-refractivity contribution in [2.75, 3.05) is 0 Å². The molecule has 0 spiro atoms. The number of para-hydroxylation sites is 1. The molecule has 0 saturated carbocycles. The highest BCUT2D eigenvalue weighted by molar-refractivity contribution is 6.01. The summed E-state index contributed by atoms with van der Waals surface area (Å²) in [5.41, 5.74) is 4.96. The van der Waals surface area contributed by atoms with Crippen LogP contribution < -0.4 is 5.32 Å². The predicted molar refractivity (Wildman–Crippen MR) is 105 cm³/mol. The molecule has 4 rings (SSSR count). The lowest BCUT2D eigenvalue weighted by Crippen LogP contribution is -2.33. The number of benzene rings is 3. The Kier molecular flexibility index (Phi) is 4.73. The van der Waals surface area contributed by atoms with Crippen LogP contribution in [0, 0.1) is 12.7 Å². The number of phenols is 1. The highest BCUT2D eigenvalue weighted by Crippen LogP contribution is 2.34. The smallest absolute Gasteiger partial charge is 0.126 e. The van der Waals surface area contributed by atoms with Crippen molar-refractivity contribution >= 4 is 5.71 Å². The number of rotatable bonds is 3. The molecule has 3 aromatic rings. The van der Waals surface area contributed by atoms with Gasteiger partial charge in [0.2, 0.25) is 0 Å². The normalized spacial score (nSPS) is 19.6. The van der Waals surface area contributed by atoms with Gasteiger partial charge in [0, 0.05) is 23.7 Å². The molecule has 3 nitrogen and oxygen atoms in total. The fourth-order valence-electron chi connectivity index (χ4n) is 3.42. The van der Waals surface area contributed by atoms with Gasteiger partial charge in [-0.3, -0.25) is 10.3 Å². The fraction of sp³-hybridized carbons (Fsp3) is 0.174. The zero-order valence-electron chi connectivity index (χ0n) is 15.1. The highest BCUT2D eigenvalue weighted by Gasteiger charge is 2.27. The summed E-state index contributed by atoms with van der Waals surface area (Å²) in [4.78, 5) is 4.89. The van der Waals surface area contributed by atoms with Gasteiger partial charge in [0.15, 0.2) is 0 Å². The quantitative estimate of drug-likeness (QED) is 0.685. The van der Waals surface area contributed by atoms with Crippen molar-refractivity contribution in [2.45, 2.75) is 25.6 Å². The van der Waals surface area contributed by atoms with E-state index in [0.717, 1.165) is 22.4 Å². The van der Waals surface area contributed by atoms with Gasteiger partial charge in [-0.05, 0) is 36.2 Å². The van der Waals surface area contributed by atoms with Crippen molar-refractivity contribution < 1.29 is 9.50 Å². The molecule has 0 amide bonds. The molecule has 1 aliphatic rings. The Morgan fingerprint density at radius 2 is 1.67 bits per heavy atom. The molecule has 0 aromatic heterocycles. The molecule has 2 atom stereocenters. The predicted octanol–water partition coefficient (Wildman–Crippen LogP) is 5.06. The molecule has 0 fully saturated rings. The Hall–Kier alpha value is -2.98. The van der Waals surface area contributed by atoms with Crippen LogP contribution in [0.3, 0.4) is 0 Å². The van der Waals surface area contributed by atoms with Crippen LogP contribution in [0.4, 0.5) is 4.39 Å². The van der Waals surface area contributed by atoms with Gasteiger partial charge >= 0.3 is 0 Å². The first-order chi connectivity index (χ1) is 13.1. The number of halogens is 1. The van der Waals surface area contributed by atoms with Crippen LogP contribution in [0.15, 0.2) is 77.8 Å². The monoisotopic (exact) mass is 360 g/mol. The molecule has 1 heterocycles. The van der Waals surface area contributed by atoms with E-state index in [1.807, 2.05) is 18.2 Å². The van der Waals surface area contributed by atoms with E-state index in [0.29, 0.717) is 6.42 Å². The number of aromatic hydroxyl groups is 1. The van der Waals surface area contributed by atoms with Crippen molar-refractivity contribution in [2.24, 2.45) is 4.99 Å². The first kappa shape index (κ1) is 17.4. The van der Waals surface area contributed by atoms with Gasteiger partial charge in [-0.25, -0.2) is 4.39 Å². The molecular formula is C23H21FN2O. The third kappa shape index (κ3) is 3.76. The summed E-state index contributed by atoms with van der Waals surface area (Å²) in [5.74, 6) is -0.00689. The van der Waals surface area contributed by atoms with Crippen molar-refractivity contribution in [3.63, 3.8) is 0 Å². The van der Waals surface area contributed by atoms with Crippen LogP contribution in [-0.4, -0.2) is 10.8 Å².